The average Bonchev–Trinajstić information content (AvgIpc) is 2.96. The number of aromatic nitrogens is 1. The van der Waals surface area contributed by atoms with Crippen molar-refractivity contribution in [1.29, 1.82) is 0 Å². The number of hydrogen-bond acceptors (Lipinski definition) is 3. The number of piperazine rings is 1. The lowest BCUT2D eigenvalue weighted by Gasteiger charge is -2.40. The second-order valence-electron chi connectivity index (χ2n) is 9.42. The number of halogens is 1. The Labute approximate surface area is 190 Å². The van der Waals surface area contributed by atoms with Crippen molar-refractivity contribution in [2.75, 3.05) is 26.2 Å². The van der Waals surface area contributed by atoms with Gasteiger partial charge in [0.05, 0.1) is 11.7 Å². The Morgan fingerprint density at radius 3 is 2.58 bits per heavy atom. The van der Waals surface area contributed by atoms with Crippen LogP contribution in [0.5, 0.6) is 0 Å². The maximum Gasteiger partial charge on any atom is 0.222 e. The maximum atomic E-state index is 12.9. The van der Waals surface area contributed by atoms with Gasteiger partial charge in [-0.1, -0.05) is 43.0 Å². The van der Waals surface area contributed by atoms with E-state index in [9.17, 15) is 4.79 Å². The molecule has 0 spiro atoms. The highest BCUT2D eigenvalue weighted by Crippen LogP contribution is 2.37. The summed E-state index contributed by atoms with van der Waals surface area (Å²) in [6, 6.07) is 10.7. The first-order chi connectivity index (χ1) is 15.2. The van der Waals surface area contributed by atoms with Crippen LogP contribution >= 0.6 is 11.6 Å². The van der Waals surface area contributed by atoms with Gasteiger partial charge in [-0.3, -0.25) is 14.7 Å². The molecule has 1 saturated carbocycles. The number of benzene rings is 1. The molecule has 31 heavy (non-hydrogen) atoms. The Morgan fingerprint density at radius 2 is 1.77 bits per heavy atom. The van der Waals surface area contributed by atoms with E-state index in [1.165, 1.54) is 54.5 Å². The van der Waals surface area contributed by atoms with E-state index in [4.69, 9.17) is 16.6 Å². The van der Waals surface area contributed by atoms with Gasteiger partial charge in [0.25, 0.3) is 0 Å². The van der Waals surface area contributed by atoms with Crippen LogP contribution in [-0.4, -0.2) is 46.9 Å². The van der Waals surface area contributed by atoms with Crippen molar-refractivity contribution in [2.45, 2.75) is 57.4 Å². The molecule has 3 aliphatic rings. The Morgan fingerprint density at radius 1 is 1.00 bits per heavy atom. The minimum absolute atomic E-state index is 0.140. The average molecular weight is 438 g/mol. The molecular weight excluding hydrogens is 406 g/mol. The molecule has 1 aliphatic heterocycles. The van der Waals surface area contributed by atoms with Crippen LogP contribution in [0.15, 0.2) is 36.5 Å². The fourth-order valence-electron chi connectivity index (χ4n) is 5.75. The third-order valence-electron chi connectivity index (χ3n) is 7.47. The monoisotopic (exact) mass is 437 g/mol. The molecule has 1 saturated heterocycles. The summed E-state index contributed by atoms with van der Waals surface area (Å²) in [7, 11) is 0. The predicted molar refractivity (Wildman–Crippen MR) is 124 cm³/mol. The lowest BCUT2D eigenvalue weighted by Crippen LogP contribution is -2.50. The number of nitrogens with zero attached hydrogens (tertiary/aromatic N) is 3. The molecule has 2 aliphatic carbocycles. The van der Waals surface area contributed by atoms with Crippen molar-refractivity contribution < 1.29 is 4.79 Å². The second-order valence-corrected chi connectivity index (χ2v) is 9.85. The smallest absolute Gasteiger partial charge is 0.222 e. The van der Waals surface area contributed by atoms with Gasteiger partial charge in [0.15, 0.2) is 0 Å². The van der Waals surface area contributed by atoms with E-state index in [0.717, 1.165) is 50.5 Å². The van der Waals surface area contributed by atoms with Gasteiger partial charge in [-0.25, -0.2) is 0 Å². The number of carbonyl (C=O) groups is 1. The maximum absolute atomic E-state index is 12.9. The van der Waals surface area contributed by atoms with Crippen LogP contribution in [0, 0.1) is 5.92 Å². The molecule has 0 radical (unpaired) electrons. The second kappa shape index (κ2) is 9.30. The number of rotatable bonds is 3. The largest absolute Gasteiger partial charge is 0.340 e. The molecule has 2 aromatic rings. The molecule has 1 aromatic heterocycles. The number of pyridine rings is 1. The van der Waals surface area contributed by atoms with Crippen LogP contribution in [0.25, 0.3) is 0 Å². The Bertz CT molecular complexity index is 932. The lowest BCUT2D eigenvalue weighted by atomic mass is 9.86. The number of aryl methyl sites for hydroxylation is 2. The SMILES string of the molecule is O=C(CC1CCCCC1)N1CCN(C2c3ccc(Cl)cc3CCc3cccnc32)CC1. The minimum Gasteiger partial charge on any atom is -0.340 e. The summed E-state index contributed by atoms with van der Waals surface area (Å²) in [6.07, 6.45) is 11.0. The van der Waals surface area contributed by atoms with Crippen LogP contribution in [0.3, 0.4) is 0 Å². The minimum atomic E-state index is 0.140. The van der Waals surface area contributed by atoms with Gasteiger partial charge in [0, 0.05) is 43.8 Å². The first-order valence-electron chi connectivity index (χ1n) is 11.9. The summed E-state index contributed by atoms with van der Waals surface area (Å²) < 4.78 is 0. The molecule has 2 fully saturated rings. The molecule has 5 rings (SSSR count). The molecular formula is C26H32ClN3O. The lowest BCUT2D eigenvalue weighted by molar-refractivity contribution is -0.134. The Hall–Kier alpha value is -1.91. The van der Waals surface area contributed by atoms with E-state index in [-0.39, 0.29) is 6.04 Å². The van der Waals surface area contributed by atoms with Gasteiger partial charge >= 0.3 is 0 Å². The highest BCUT2D eigenvalue weighted by atomic mass is 35.5. The zero-order valence-electron chi connectivity index (χ0n) is 18.2. The van der Waals surface area contributed by atoms with Crippen molar-refractivity contribution in [3.8, 4) is 0 Å². The first kappa shape index (κ1) is 21.0. The summed E-state index contributed by atoms with van der Waals surface area (Å²) in [5, 5.41) is 0.801. The normalized spacial score (nSPS) is 22.5. The highest BCUT2D eigenvalue weighted by molar-refractivity contribution is 6.30. The van der Waals surface area contributed by atoms with Crippen molar-refractivity contribution in [1.82, 2.24) is 14.8 Å². The Balaban J connectivity index is 1.33. The summed E-state index contributed by atoms with van der Waals surface area (Å²) >= 11 is 6.34. The van der Waals surface area contributed by atoms with Crippen molar-refractivity contribution >= 4 is 17.5 Å². The molecule has 1 unspecified atom stereocenters. The highest BCUT2D eigenvalue weighted by Gasteiger charge is 2.33. The molecule has 0 N–H and O–H groups in total. The molecule has 1 amide bonds. The van der Waals surface area contributed by atoms with Crippen LogP contribution in [0.1, 0.15) is 67.0 Å². The van der Waals surface area contributed by atoms with E-state index in [2.05, 4.69) is 28.0 Å². The van der Waals surface area contributed by atoms with Gasteiger partial charge in [-0.2, -0.15) is 0 Å². The van der Waals surface area contributed by atoms with Crippen LogP contribution in [0.2, 0.25) is 5.02 Å². The third-order valence-corrected chi connectivity index (χ3v) is 7.70. The zero-order chi connectivity index (χ0) is 21.2. The number of fused-ring (bicyclic) bond motifs is 2. The van der Waals surface area contributed by atoms with Gasteiger partial charge in [0.1, 0.15) is 0 Å². The van der Waals surface area contributed by atoms with Crippen LogP contribution in [0.4, 0.5) is 0 Å². The first-order valence-corrected chi connectivity index (χ1v) is 12.3. The quantitative estimate of drug-likeness (QED) is 0.675. The number of carbonyl (C=O) groups excluding carboxylic acids is 1. The summed E-state index contributed by atoms with van der Waals surface area (Å²) in [5.74, 6) is 0.965. The van der Waals surface area contributed by atoms with Crippen molar-refractivity contribution in [2.24, 2.45) is 5.92 Å². The van der Waals surface area contributed by atoms with E-state index in [1.807, 2.05) is 18.3 Å². The van der Waals surface area contributed by atoms with E-state index >= 15 is 0 Å². The molecule has 0 bridgehead atoms. The van der Waals surface area contributed by atoms with Crippen molar-refractivity contribution in [3.63, 3.8) is 0 Å². The fourth-order valence-corrected chi connectivity index (χ4v) is 5.94. The molecule has 2 heterocycles. The number of hydrogen-bond donors (Lipinski definition) is 0. The topological polar surface area (TPSA) is 36.4 Å². The van der Waals surface area contributed by atoms with E-state index in [0.29, 0.717) is 11.8 Å². The molecule has 5 heteroatoms. The summed E-state index contributed by atoms with van der Waals surface area (Å²) in [5.41, 5.74) is 5.15. The van der Waals surface area contributed by atoms with Crippen LogP contribution in [-0.2, 0) is 17.6 Å². The number of amides is 1. The summed E-state index contributed by atoms with van der Waals surface area (Å²) in [4.78, 5) is 22.4. The van der Waals surface area contributed by atoms with Gasteiger partial charge in [-0.15, -0.1) is 0 Å². The van der Waals surface area contributed by atoms with Gasteiger partial charge in [-0.05, 0) is 66.5 Å². The molecule has 4 nitrogen and oxygen atoms in total. The molecule has 1 aromatic carbocycles. The Kier molecular flexibility index (Phi) is 6.29. The summed E-state index contributed by atoms with van der Waals surface area (Å²) in [6.45, 7) is 3.40. The fraction of sp³-hybridized carbons (Fsp3) is 0.538. The molecule has 164 valence electrons. The van der Waals surface area contributed by atoms with Gasteiger partial charge < -0.3 is 4.90 Å². The zero-order valence-corrected chi connectivity index (χ0v) is 19.0. The van der Waals surface area contributed by atoms with Crippen LogP contribution < -0.4 is 0 Å². The van der Waals surface area contributed by atoms with Gasteiger partial charge in [0.2, 0.25) is 5.91 Å². The van der Waals surface area contributed by atoms with E-state index in [1.54, 1.807) is 0 Å². The standard InChI is InChI=1S/C26H32ClN3O/c27-22-10-11-23-21(18-22)9-8-20-7-4-12-28-25(20)26(23)30-15-13-29(14-16-30)24(31)17-19-5-2-1-3-6-19/h4,7,10-12,18-19,26H,1-3,5-6,8-9,13-17H2. The third kappa shape index (κ3) is 4.51. The van der Waals surface area contributed by atoms with E-state index < -0.39 is 0 Å². The predicted octanol–water partition coefficient (Wildman–Crippen LogP) is 5.04. The molecule has 1 atom stereocenters. The van der Waals surface area contributed by atoms with Crippen molar-refractivity contribution in [3.05, 3.63) is 63.9 Å².